The van der Waals surface area contributed by atoms with Gasteiger partial charge in [-0.3, -0.25) is 9.59 Å². The quantitative estimate of drug-likeness (QED) is 0.837. The molecule has 0 spiro atoms. The molecule has 28 heavy (non-hydrogen) atoms. The van der Waals surface area contributed by atoms with Crippen LogP contribution < -0.4 is 10.2 Å². The van der Waals surface area contributed by atoms with Gasteiger partial charge >= 0.3 is 0 Å². The van der Waals surface area contributed by atoms with E-state index in [-0.39, 0.29) is 17.7 Å². The van der Waals surface area contributed by atoms with Gasteiger partial charge in [0.05, 0.1) is 5.92 Å². The zero-order valence-electron chi connectivity index (χ0n) is 15.8. The number of likely N-dealkylation sites (tertiary alicyclic amines) is 1. The molecule has 142 valence electrons. The van der Waals surface area contributed by atoms with Crippen LogP contribution >= 0.6 is 0 Å². The Hall–Kier alpha value is -3.33. The molecule has 0 aromatic heterocycles. The predicted molar refractivity (Wildman–Crippen MR) is 107 cm³/mol. The molecule has 2 aromatic carbocycles. The molecule has 1 unspecified atom stereocenters. The van der Waals surface area contributed by atoms with Crippen LogP contribution in [0, 0.1) is 17.4 Å². The number of carbonyl (C=O) groups excluding carboxylic acids is 2. The van der Waals surface area contributed by atoms with Crippen LogP contribution in [0.25, 0.3) is 11.1 Å². The maximum Gasteiger partial charge on any atom is 0.251 e. The largest absolute Gasteiger partial charge is 0.355 e. The van der Waals surface area contributed by atoms with Gasteiger partial charge < -0.3 is 15.1 Å². The van der Waals surface area contributed by atoms with Gasteiger partial charge in [0.15, 0.2) is 6.19 Å². The SMILES string of the molecule is CNC(=O)c1cc(-c2ccccc2)c2c(c1)N(C(=O)C1CCN(C#N)C1)CC2. The highest BCUT2D eigenvalue weighted by Crippen LogP contribution is 2.38. The number of nitriles is 1. The molecule has 2 amide bonds. The molecule has 2 aromatic rings. The van der Waals surface area contributed by atoms with Crippen LogP contribution in [0.1, 0.15) is 22.3 Å². The van der Waals surface area contributed by atoms with Crippen molar-refractivity contribution in [2.45, 2.75) is 12.8 Å². The molecule has 2 aliphatic rings. The Kier molecular flexibility index (Phi) is 4.74. The Bertz CT molecular complexity index is 964. The Morgan fingerprint density at radius 3 is 2.64 bits per heavy atom. The Morgan fingerprint density at radius 2 is 1.96 bits per heavy atom. The second-order valence-electron chi connectivity index (χ2n) is 7.24. The monoisotopic (exact) mass is 374 g/mol. The minimum absolute atomic E-state index is 0.0459. The van der Waals surface area contributed by atoms with Crippen LogP contribution in [-0.4, -0.2) is 43.4 Å². The highest BCUT2D eigenvalue weighted by molar-refractivity contribution is 6.03. The van der Waals surface area contributed by atoms with Crippen LogP contribution in [0.4, 0.5) is 5.69 Å². The summed E-state index contributed by atoms with van der Waals surface area (Å²) in [6.07, 6.45) is 3.58. The van der Waals surface area contributed by atoms with Gasteiger partial charge in [0.2, 0.25) is 5.91 Å². The van der Waals surface area contributed by atoms with Gasteiger partial charge in [-0.2, -0.15) is 5.26 Å². The number of nitrogens with zero attached hydrogens (tertiary/aromatic N) is 3. The predicted octanol–water partition coefficient (Wildman–Crippen LogP) is 2.41. The van der Waals surface area contributed by atoms with E-state index in [4.69, 9.17) is 5.26 Å². The van der Waals surface area contributed by atoms with Crippen molar-refractivity contribution in [2.75, 3.05) is 31.6 Å². The maximum absolute atomic E-state index is 13.2. The van der Waals surface area contributed by atoms with Crippen molar-refractivity contribution in [3.63, 3.8) is 0 Å². The number of rotatable bonds is 3. The van der Waals surface area contributed by atoms with E-state index >= 15 is 0 Å². The Morgan fingerprint density at radius 1 is 1.18 bits per heavy atom. The van der Waals surface area contributed by atoms with Crippen molar-refractivity contribution >= 4 is 17.5 Å². The fourth-order valence-electron chi connectivity index (χ4n) is 4.16. The van der Waals surface area contributed by atoms with E-state index in [1.807, 2.05) is 42.5 Å². The lowest BCUT2D eigenvalue weighted by Gasteiger charge is -2.22. The van der Waals surface area contributed by atoms with E-state index < -0.39 is 0 Å². The molecule has 6 heteroatoms. The zero-order chi connectivity index (χ0) is 19.7. The normalized spacial score (nSPS) is 17.9. The van der Waals surface area contributed by atoms with E-state index in [9.17, 15) is 9.59 Å². The molecule has 6 nitrogen and oxygen atoms in total. The summed E-state index contributed by atoms with van der Waals surface area (Å²) in [5.41, 5.74) is 4.50. The number of fused-ring (bicyclic) bond motifs is 1. The average Bonchev–Trinajstić information content (AvgIpc) is 3.39. The topological polar surface area (TPSA) is 76.4 Å². The molecule has 1 atom stereocenters. The van der Waals surface area contributed by atoms with Crippen LogP contribution in [0.2, 0.25) is 0 Å². The molecule has 2 aliphatic heterocycles. The fraction of sp³-hybridized carbons (Fsp3) is 0.318. The summed E-state index contributed by atoms with van der Waals surface area (Å²) in [4.78, 5) is 29.0. The summed E-state index contributed by atoms with van der Waals surface area (Å²) in [5, 5.41) is 11.8. The Labute approximate surface area is 164 Å². The van der Waals surface area contributed by atoms with Gasteiger partial charge in [-0.1, -0.05) is 30.3 Å². The van der Waals surface area contributed by atoms with Crippen molar-refractivity contribution < 1.29 is 9.59 Å². The summed E-state index contributed by atoms with van der Waals surface area (Å²) < 4.78 is 0. The van der Waals surface area contributed by atoms with Crippen molar-refractivity contribution in [1.29, 1.82) is 5.26 Å². The number of hydrogen-bond donors (Lipinski definition) is 1. The third kappa shape index (κ3) is 3.09. The minimum Gasteiger partial charge on any atom is -0.355 e. The molecule has 1 N–H and O–H groups in total. The van der Waals surface area contributed by atoms with E-state index in [0.29, 0.717) is 31.6 Å². The number of benzene rings is 2. The Balaban J connectivity index is 1.75. The van der Waals surface area contributed by atoms with E-state index in [0.717, 1.165) is 28.8 Å². The third-order valence-electron chi connectivity index (χ3n) is 5.62. The number of carbonyl (C=O) groups is 2. The average molecular weight is 374 g/mol. The van der Waals surface area contributed by atoms with Crippen LogP contribution in [0.3, 0.4) is 0 Å². The lowest BCUT2D eigenvalue weighted by molar-refractivity contribution is -0.121. The van der Waals surface area contributed by atoms with Gasteiger partial charge in [0, 0.05) is 37.9 Å². The lowest BCUT2D eigenvalue weighted by Crippen LogP contribution is -2.36. The van der Waals surface area contributed by atoms with Gasteiger partial charge in [-0.15, -0.1) is 0 Å². The fourth-order valence-corrected chi connectivity index (χ4v) is 4.16. The molecular formula is C22H22N4O2. The second-order valence-corrected chi connectivity index (χ2v) is 7.24. The second kappa shape index (κ2) is 7.35. The summed E-state index contributed by atoms with van der Waals surface area (Å²) >= 11 is 0. The molecule has 1 saturated heterocycles. The zero-order valence-corrected chi connectivity index (χ0v) is 15.8. The first-order chi connectivity index (χ1) is 13.6. The van der Waals surface area contributed by atoms with Crippen molar-refractivity contribution in [3.8, 4) is 17.3 Å². The standard InChI is InChI=1S/C22H22N4O2/c1-24-21(27)17-11-19(15-5-3-2-4-6-15)18-8-10-26(20(18)12-17)22(28)16-7-9-25(13-16)14-23/h2-6,11-12,16H,7-10,13H2,1H3,(H,24,27). The summed E-state index contributed by atoms with van der Waals surface area (Å²) in [5.74, 6) is -0.296. The minimum atomic E-state index is -0.172. The van der Waals surface area contributed by atoms with Gasteiger partial charge in [0.25, 0.3) is 5.91 Å². The highest BCUT2D eigenvalue weighted by Gasteiger charge is 2.35. The number of amides is 2. The summed E-state index contributed by atoms with van der Waals surface area (Å²) in [7, 11) is 1.61. The van der Waals surface area contributed by atoms with Gasteiger partial charge in [0.1, 0.15) is 0 Å². The van der Waals surface area contributed by atoms with Crippen LogP contribution in [0.15, 0.2) is 42.5 Å². The molecule has 1 fully saturated rings. The van der Waals surface area contributed by atoms with Crippen molar-refractivity contribution in [2.24, 2.45) is 5.92 Å². The van der Waals surface area contributed by atoms with Crippen molar-refractivity contribution in [1.82, 2.24) is 10.2 Å². The molecule has 0 aliphatic carbocycles. The first-order valence-corrected chi connectivity index (χ1v) is 9.53. The third-order valence-corrected chi connectivity index (χ3v) is 5.62. The van der Waals surface area contributed by atoms with Crippen LogP contribution in [0.5, 0.6) is 0 Å². The van der Waals surface area contributed by atoms with Gasteiger partial charge in [-0.25, -0.2) is 0 Å². The van der Waals surface area contributed by atoms with Crippen LogP contribution in [-0.2, 0) is 11.2 Å². The van der Waals surface area contributed by atoms with E-state index in [2.05, 4.69) is 11.5 Å². The van der Waals surface area contributed by atoms with Crippen molar-refractivity contribution in [3.05, 3.63) is 53.6 Å². The molecule has 4 rings (SSSR count). The molecule has 2 heterocycles. The summed E-state index contributed by atoms with van der Waals surface area (Å²) in [6.45, 7) is 1.71. The molecule has 0 bridgehead atoms. The highest BCUT2D eigenvalue weighted by atomic mass is 16.2. The van der Waals surface area contributed by atoms with E-state index in [1.165, 1.54) is 0 Å². The summed E-state index contributed by atoms with van der Waals surface area (Å²) in [6, 6.07) is 13.7. The van der Waals surface area contributed by atoms with E-state index in [1.54, 1.807) is 16.8 Å². The smallest absolute Gasteiger partial charge is 0.251 e. The first-order valence-electron chi connectivity index (χ1n) is 9.53. The lowest BCUT2D eigenvalue weighted by atomic mass is 9.95. The number of hydrogen-bond acceptors (Lipinski definition) is 4. The molecular weight excluding hydrogens is 352 g/mol. The molecule has 0 saturated carbocycles. The number of nitrogens with one attached hydrogen (secondary N) is 1. The number of anilines is 1. The maximum atomic E-state index is 13.2. The first kappa shape index (κ1) is 18.1. The van der Waals surface area contributed by atoms with Gasteiger partial charge in [-0.05, 0) is 41.7 Å². The molecule has 0 radical (unpaired) electrons.